The Labute approximate surface area is 150 Å². The quantitative estimate of drug-likeness (QED) is 0.753. The van der Waals surface area contributed by atoms with Gasteiger partial charge in [0.2, 0.25) is 0 Å². The number of thiophene rings is 1. The molecule has 0 spiro atoms. The fourth-order valence-electron chi connectivity index (χ4n) is 3.26. The van der Waals surface area contributed by atoms with Gasteiger partial charge in [-0.3, -0.25) is 4.79 Å². The lowest BCUT2D eigenvalue weighted by atomic mass is 9.96. The Morgan fingerprint density at radius 3 is 2.92 bits per heavy atom. The number of rotatable bonds is 4. The Bertz CT molecular complexity index is 886. The molecule has 2 N–H and O–H groups in total. The van der Waals surface area contributed by atoms with Gasteiger partial charge in [0.05, 0.1) is 0 Å². The second-order valence-corrected chi connectivity index (χ2v) is 7.54. The molecule has 4 rings (SSSR count). The lowest BCUT2D eigenvalue weighted by Crippen LogP contribution is -2.29. The Morgan fingerprint density at radius 1 is 1.20 bits per heavy atom. The number of hydrogen-bond acceptors (Lipinski definition) is 4. The SMILES string of the molecule is O=C(NC[C@@H](O)c1cc2ccccc2s1)c1ccc2c(n1)CCCC2. The summed E-state index contributed by atoms with van der Waals surface area (Å²) in [5.74, 6) is -0.228. The smallest absolute Gasteiger partial charge is 0.269 e. The van der Waals surface area contributed by atoms with E-state index >= 15 is 0 Å². The van der Waals surface area contributed by atoms with Gasteiger partial charge in [-0.05, 0) is 54.8 Å². The van der Waals surface area contributed by atoms with Crippen LogP contribution in [-0.4, -0.2) is 22.5 Å². The molecule has 25 heavy (non-hydrogen) atoms. The lowest BCUT2D eigenvalue weighted by molar-refractivity contribution is 0.0913. The topological polar surface area (TPSA) is 62.2 Å². The minimum atomic E-state index is -0.709. The standard InChI is InChI=1S/C20H20N2O2S/c23-17(19-11-14-6-2-4-8-18(14)25-19)12-21-20(24)16-10-9-13-5-1-3-7-15(13)22-16/h2,4,6,8-11,17,23H,1,3,5,7,12H2,(H,21,24)/t17-/m1/s1. The number of carbonyl (C=O) groups is 1. The van der Waals surface area contributed by atoms with Crippen molar-refractivity contribution in [3.63, 3.8) is 0 Å². The van der Waals surface area contributed by atoms with Crippen LogP contribution >= 0.6 is 11.3 Å². The molecular weight excluding hydrogens is 332 g/mol. The van der Waals surface area contributed by atoms with E-state index in [1.807, 2.05) is 36.4 Å². The molecule has 0 bridgehead atoms. The first-order chi connectivity index (χ1) is 12.2. The zero-order valence-corrected chi connectivity index (χ0v) is 14.7. The number of hydrogen-bond donors (Lipinski definition) is 2. The van der Waals surface area contributed by atoms with Gasteiger partial charge in [-0.1, -0.05) is 24.3 Å². The molecule has 0 saturated carbocycles. The summed E-state index contributed by atoms with van der Waals surface area (Å²) in [6, 6.07) is 13.8. The van der Waals surface area contributed by atoms with Crippen LogP contribution in [0.3, 0.4) is 0 Å². The predicted octanol–water partition coefficient (Wildman–Crippen LogP) is 3.64. The number of nitrogens with one attached hydrogen (secondary N) is 1. The number of aromatic nitrogens is 1. The van der Waals surface area contributed by atoms with E-state index in [0.29, 0.717) is 5.69 Å². The molecule has 0 fully saturated rings. The fourth-order valence-corrected chi connectivity index (χ4v) is 4.31. The fraction of sp³-hybridized carbons (Fsp3) is 0.300. The highest BCUT2D eigenvalue weighted by molar-refractivity contribution is 7.19. The van der Waals surface area contributed by atoms with E-state index in [0.717, 1.165) is 39.9 Å². The van der Waals surface area contributed by atoms with Gasteiger partial charge >= 0.3 is 0 Å². The van der Waals surface area contributed by atoms with Crippen molar-refractivity contribution in [2.75, 3.05) is 6.54 Å². The van der Waals surface area contributed by atoms with Gasteiger partial charge in [0, 0.05) is 21.8 Å². The second kappa shape index (κ2) is 6.94. The highest BCUT2D eigenvalue weighted by atomic mass is 32.1. The van der Waals surface area contributed by atoms with Gasteiger partial charge in [0.15, 0.2) is 0 Å². The Kier molecular flexibility index (Phi) is 4.51. The van der Waals surface area contributed by atoms with Gasteiger partial charge in [-0.2, -0.15) is 0 Å². The number of aryl methyl sites for hydroxylation is 2. The normalized spacial score (nSPS) is 14.9. The maximum Gasteiger partial charge on any atom is 0.269 e. The van der Waals surface area contributed by atoms with Crippen LogP contribution in [0.15, 0.2) is 42.5 Å². The van der Waals surface area contributed by atoms with E-state index < -0.39 is 6.10 Å². The van der Waals surface area contributed by atoms with Crippen LogP contribution in [0.4, 0.5) is 0 Å². The number of fused-ring (bicyclic) bond motifs is 2. The van der Waals surface area contributed by atoms with Crippen molar-refractivity contribution < 1.29 is 9.90 Å². The zero-order chi connectivity index (χ0) is 17.2. The molecule has 5 heteroatoms. The van der Waals surface area contributed by atoms with E-state index in [4.69, 9.17) is 0 Å². The number of nitrogens with zero attached hydrogens (tertiary/aromatic N) is 1. The highest BCUT2D eigenvalue weighted by Crippen LogP contribution is 2.29. The molecule has 0 aliphatic heterocycles. The van der Waals surface area contributed by atoms with E-state index in [-0.39, 0.29) is 12.5 Å². The van der Waals surface area contributed by atoms with Gasteiger partial charge in [0.25, 0.3) is 5.91 Å². The molecule has 2 heterocycles. The number of pyridine rings is 1. The average molecular weight is 352 g/mol. The van der Waals surface area contributed by atoms with Crippen LogP contribution in [0.1, 0.15) is 45.6 Å². The van der Waals surface area contributed by atoms with Crippen molar-refractivity contribution in [2.24, 2.45) is 0 Å². The van der Waals surface area contributed by atoms with Gasteiger partial charge in [-0.15, -0.1) is 11.3 Å². The van der Waals surface area contributed by atoms with Crippen LogP contribution in [0.25, 0.3) is 10.1 Å². The van der Waals surface area contributed by atoms with Crippen molar-refractivity contribution in [1.29, 1.82) is 0 Å². The molecule has 1 aromatic carbocycles. The van der Waals surface area contributed by atoms with E-state index in [9.17, 15) is 9.90 Å². The van der Waals surface area contributed by atoms with Crippen molar-refractivity contribution in [3.05, 3.63) is 64.3 Å². The lowest BCUT2D eigenvalue weighted by Gasteiger charge is -2.15. The van der Waals surface area contributed by atoms with Crippen LogP contribution in [0.2, 0.25) is 0 Å². The summed E-state index contributed by atoms with van der Waals surface area (Å²) >= 11 is 1.55. The molecule has 2 aromatic heterocycles. The Hall–Kier alpha value is -2.24. The molecule has 0 saturated heterocycles. The molecule has 1 amide bonds. The summed E-state index contributed by atoms with van der Waals surface area (Å²) in [5.41, 5.74) is 2.74. The molecule has 0 radical (unpaired) electrons. The van der Waals surface area contributed by atoms with Crippen LogP contribution < -0.4 is 5.32 Å². The molecule has 0 unspecified atom stereocenters. The maximum atomic E-state index is 12.4. The number of aliphatic hydroxyl groups is 1. The maximum absolute atomic E-state index is 12.4. The average Bonchev–Trinajstić information content (AvgIpc) is 3.09. The summed E-state index contributed by atoms with van der Waals surface area (Å²) in [5, 5.41) is 14.3. The molecule has 4 nitrogen and oxygen atoms in total. The summed E-state index contributed by atoms with van der Waals surface area (Å²) in [6.07, 6.45) is 3.62. The molecule has 128 valence electrons. The predicted molar refractivity (Wildman–Crippen MR) is 100.0 cm³/mol. The number of aliphatic hydroxyl groups excluding tert-OH is 1. The summed E-state index contributed by atoms with van der Waals surface area (Å²) in [4.78, 5) is 17.7. The third-order valence-electron chi connectivity index (χ3n) is 4.64. The summed E-state index contributed by atoms with van der Waals surface area (Å²) in [6.45, 7) is 0.185. The van der Waals surface area contributed by atoms with Gasteiger partial charge in [-0.25, -0.2) is 4.98 Å². The molecule has 3 aromatic rings. The van der Waals surface area contributed by atoms with E-state index in [1.165, 1.54) is 12.0 Å². The first-order valence-electron chi connectivity index (χ1n) is 8.64. The molecule has 1 aliphatic rings. The van der Waals surface area contributed by atoms with Gasteiger partial charge < -0.3 is 10.4 Å². The number of amides is 1. The van der Waals surface area contributed by atoms with Crippen LogP contribution in [-0.2, 0) is 12.8 Å². The van der Waals surface area contributed by atoms with Crippen molar-refractivity contribution in [1.82, 2.24) is 10.3 Å². The van der Waals surface area contributed by atoms with E-state index in [1.54, 1.807) is 17.4 Å². The van der Waals surface area contributed by atoms with Crippen LogP contribution in [0, 0.1) is 0 Å². The molecular formula is C20H20N2O2S. The Balaban J connectivity index is 1.42. The number of benzene rings is 1. The second-order valence-electron chi connectivity index (χ2n) is 6.42. The molecule has 1 aliphatic carbocycles. The first-order valence-corrected chi connectivity index (χ1v) is 9.46. The largest absolute Gasteiger partial charge is 0.386 e. The first kappa shape index (κ1) is 16.2. The summed E-state index contributed by atoms with van der Waals surface area (Å²) < 4.78 is 1.14. The number of carbonyl (C=O) groups excluding carboxylic acids is 1. The minimum absolute atomic E-state index is 0.185. The van der Waals surface area contributed by atoms with Crippen LogP contribution in [0.5, 0.6) is 0 Å². The minimum Gasteiger partial charge on any atom is -0.386 e. The van der Waals surface area contributed by atoms with Crippen molar-refractivity contribution in [2.45, 2.75) is 31.8 Å². The monoisotopic (exact) mass is 352 g/mol. The zero-order valence-electron chi connectivity index (χ0n) is 13.9. The highest BCUT2D eigenvalue weighted by Gasteiger charge is 2.16. The van der Waals surface area contributed by atoms with E-state index in [2.05, 4.69) is 10.3 Å². The van der Waals surface area contributed by atoms with Gasteiger partial charge in [0.1, 0.15) is 11.8 Å². The third-order valence-corrected chi connectivity index (χ3v) is 5.86. The Morgan fingerprint density at radius 2 is 2.04 bits per heavy atom. The summed E-state index contributed by atoms with van der Waals surface area (Å²) in [7, 11) is 0. The molecule has 1 atom stereocenters. The van der Waals surface area contributed by atoms with Crippen molar-refractivity contribution in [3.8, 4) is 0 Å². The van der Waals surface area contributed by atoms with Crippen molar-refractivity contribution >= 4 is 27.3 Å². The third kappa shape index (κ3) is 3.43.